The third-order valence-corrected chi connectivity index (χ3v) is 5.93. The topological polar surface area (TPSA) is 83.1 Å². The van der Waals surface area contributed by atoms with E-state index >= 15 is 0 Å². The van der Waals surface area contributed by atoms with Crippen molar-refractivity contribution in [3.8, 4) is 0 Å². The SMILES string of the molecule is Cc1n[nH]c(C)c1CCCN(C)C(=O)[C@H]1CCS(=O)(=O)C1. The van der Waals surface area contributed by atoms with Crippen LogP contribution in [0.25, 0.3) is 0 Å². The Bertz CT molecular complexity index is 602. The van der Waals surface area contributed by atoms with E-state index < -0.39 is 9.84 Å². The van der Waals surface area contributed by atoms with E-state index in [-0.39, 0.29) is 23.3 Å². The predicted octanol–water partition coefficient (Wildman–Crippen LogP) is 0.852. The fourth-order valence-corrected chi connectivity index (χ4v) is 4.58. The van der Waals surface area contributed by atoms with Crippen LogP contribution in [0.1, 0.15) is 29.8 Å². The molecule has 0 radical (unpaired) electrons. The summed E-state index contributed by atoms with van der Waals surface area (Å²) in [6.45, 7) is 4.60. The van der Waals surface area contributed by atoms with E-state index in [9.17, 15) is 13.2 Å². The van der Waals surface area contributed by atoms with Crippen molar-refractivity contribution in [3.05, 3.63) is 17.0 Å². The van der Waals surface area contributed by atoms with Gasteiger partial charge in [-0.05, 0) is 38.7 Å². The first-order valence-electron chi connectivity index (χ1n) is 7.26. The monoisotopic (exact) mass is 313 g/mol. The molecule has 7 heteroatoms. The molecule has 1 aliphatic heterocycles. The Morgan fingerprint density at radius 3 is 2.67 bits per heavy atom. The fraction of sp³-hybridized carbons (Fsp3) is 0.714. The van der Waals surface area contributed by atoms with Crippen molar-refractivity contribution in [1.82, 2.24) is 15.1 Å². The van der Waals surface area contributed by atoms with E-state index in [2.05, 4.69) is 10.2 Å². The number of aromatic nitrogens is 2. The van der Waals surface area contributed by atoms with Crippen molar-refractivity contribution < 1.29 is 13.2 Å². The zero-order valence-corrected chi connectivity index (χ0v) is 13.7. The van der Waals surface area contributed by atoms with Gasteiger partial charge >= 0.3 is 0 Å². The molecule has 1 fully saturated rings. The Hall–Kier alpha value is -1.37. The highest BCUT2D eigenvalue weighted by Crippen LogP contribution is 2.20. The van der Waals surface area contributed by atoms with Crippen LogP contribution < -0.4 is 0 Å². The van der Waals surface area contributed by atoms with E-state index in [0.717, 1.165) is 24.2 Å². The molecule has 0 bridgehead atoms. The number of H-pyrrole nitrogens is 1. The van der Waals surface area contributed by atoms with Crippen LogP contribution in [0.2, 0.25) is 0 Å². The summed E-state index contributed by atoms with van der Waals surface area (Å²) < 4.78 is 22.9. The third-order valence-electron chi connectivity index (χ3n) is 4.16. The van der Waals surface area contributed by atoms with Crippen molar-refractivity contribution in [2.45, 2.75) is 33.1 Å². The second-order valence-corrected chi connectivity index (χ2v) is 8.10. The van der Waals surface area contributed by atoms with Crippen molar-refractivity contribution in [2.24, 2.45) is 5.92 Å². The van der Waals surface area contributed by atoms with Crippen LogP contribution in [0, 0.1) is 19.8 Å². The highest BCUT2D eigenvalue weighted by atomic mass is 32.2. The van der Waals surface area contributed by atoms with Crippen molar-refractivity contribution in [3.63, 3.8) is 0 Å². The molecular formula is C14H23N3O3S. The van der Waals surface area contributed by atoms with Gasteiger partial charge in [-0.25, -0.2) is 8.42 Å². The molecule has 2 rings (SSSR count). The molecular weight excluding hydrogens is 290 g/mol. The molecule has 118 valence electrons. The molecule has 2 heterocycles. The number of rotatable bonds is 5. The molecule has 1 aromatic heterocycles. The normalized spacial score (nSPS) is 20.6. The Morgan fingerprint density at radius 1 is 1.43 bits per heavy atom. The molecule has 0 spiro atoms. The van der Waals surface area contributed by atoms with Gasteiger partial charge in [-0.15, -0.1) is 0 Å². The number of hydrogen-bond acceptors (Lipinski definition) is 4. The van der Waals surface area contributed by atoms with Gasteiger partial charge in [0, 0.05) is 19.3 Å². The van der Waals surface area contributed by atoms with Gasteiger partial charge in [-0.3, -0.25) is 9.89 Å². The predicted molar refractivity (Wildman–Crippen MR) is 80.8 cm³/mol. The van der Waals surface area contributed by atoms with Crippen LogP contribution in [0.3, 0.4) is 0 Å². The van der Waals surface area contributed by atoms with Crippen molar-refractivity contribution >= 4 is 15.7 Å². The van der Waals surface area contributed by atoms with Crippen LogP contribution in [0.4, 0.5) is 0 Å². The molecule has 0 aliphatic carbocycles. The highest BCUT2D eigenvalue weighted by Gasteiger charge is 2.34. The first-order valence-corrected chi connectivity index (χ1v) is 9.08. The van der Waals surface area contributed by atoms with Gasteiger partial charge < -0.3 is 4.90 Å². The fourth-order valence-electron chi connectivity index (χ4n) is 2.85. The number of carbonyl (C=O) groups excluding carboxylic acids is 1. The van der Waals surface area contributed by atoms with Gasteiger partial charge in [-0.1, -0.05) is 0 Å². The zero-order valence-electron chi connectivity index (χ0n) is 12.8. The minimum atomic E-state index is -3.00. The molecule has 21 heavy (non-hydrogen) atoms. The number of aryl methyl sites for hydroxylation is 2. The van der Waals surface area contributed by atoms with Gasteiger partial charge in [0.25, 0.3) is 0 Å². The highest BCUT2D eigenvalue weighted by molar-refractivity contribution is 7.91. The summed E-state index contributed by atoms with van der Waals surface area (Å²) in [5.41, 5.74) is 3.28. The maximum Gasteiger partial charge on any atom is 0.226 e. The molecule has 1 amide bonds. The second kappa shape index (κ2) is 6.17. The lowest BCUT2D eigenvalue weighted by atomic mass is 10.1. The Kier molecular flexibility index (Phi) is 4.70. The van der Waals surface area contributed by atoms with Gasteiger partial charge in [0.05, 0.1) is 23.1 Å². The summed E-state index contributed by atoms with van der Waals surface area (Å²) in [4.78, 5) is 13.9. The van der Waals surface area contributed by atoms with E-state index in [1.807, 2.05) is 13.8 Å². The lowest BCUT2D eigenvalue weighted by Crippen LogP contribution is -2.34. The quantitative estimate of drug-likeness (QED) is 0.873. The zero-order chi connectivity index (χ0) is 15.6. The Balaban J connectivity index is 1.82. The van der Waals surface area contributed by atoms with Crippen molar-refractivity contribution in [2.75, 3.05) is 25.1 Å². The molecule has 1 atom stereocenters. The minimum Gasteiger partial charge on any atom is -0.345 e. The summed E-state index contributed by atoms with van der Waals surface area (Å²) in [6.07, 6.45) is 2.18. The van der Waals surface area contributed by atoms with Crippen LogP contribution in [-0.4, -0.2) is 54.5 Å². The molecule has 0 saturated carbocycles. The molecule has 1 saturated heterocycles. The van der Waals surface area contributed by atoms with Gasteiger partial charge in [0.15, 0.2) is 9.84 Å². The third kappa shape index (κ3) is 3.84. The molecule has 1 N–H and O–H groups in total. The van der Waals surface area contributed by atoms with Gasteiger partial charge in [-0.2, -0.15) is 5.10 Å². The van der Waals surface area contributed by atoms with Gasteiger partial charge in [0.2, 0.25) is 5.91 Å². The van der Waals surface area contributed by atoms with E-state index in [0.29, 0.717) is 13.0 Å². The van der Waals surface area contributed by atoms with E-state index in [4.69, 9.17) is 0 Å². The number of carbonyl (C=O) groups is 1. The summed E-state index contributed by atoms with van der Waals surface area (Å²) in [7, 11) is -1.25. The molecule has 0 unspecified atom stereocenters. The smallest absolute Gasteiger partial charge is 0.226 e. The summed E-state index contributed by atoms with van der Waals surface area (Å²) in [5.74, 6) is -0.241. The second-order valence-electron chi connectivity index (χ2n) is 5.88. The van der Waals surface area contributed by atoms with Crippen LogP contribution in [0.5, 0.6) is 0 Å². The Labute approximate surface area is 125 Å². The number of hydrogen-bond donors (Lipinski definition) is 1. The summed E-state index contributed by atoms with van der Waals surface area (Å²) in [6, 6.07) is 0. The number of nitrogens with one attached hydrogen (secondary N) is 1. The standard InChI is InChI=1S/C14H23N3O3S/c1-10-13(11(2)16-15-10)5-4-7-17(3)14(18)12-6-8-21(19,20)9-12/h12H,4-9H2,1-3H3,(H,15,16)/t12-/m0/s1. The van der Waals surface area contributed by atoms with E-state index in [1.165, 1.54) is 5.56 Å². The molecule has 0 aromatic carbocycles. The van der Waals surface area contributed by atoms with Crippen LogP contribution in [0.15, 0.2) is 0 Å². The number of sulfone groups is 1. The van der Waals surface area contributed by atoms with Gasteiger partial charge in [0.1, 0.15) is 0 Å². The average Bonchev–Trinajstić information content (AvgIpc) is 2.93. The lowest BCUT2D eigenvalue weighted by Gasteiger charge is -2.20. The Morgan fingerprint density at radius 2 is 2.14 bits per heavy atom. The number of amides is 1. The largest absolute Gasteiger partial charge is 0.345 e. The number of aromatic amines is 1. The average molecular weight is 313 g/mol. The first kappa shape index (κ1) is 16.0. The summed E-state index contributed by atoms with van der Waals surface area (Å²) in [5, 5.41) is 7.11. The minimum absolute atomic E-state index is 0.0100. The van der Waals surface area contributed by atoms with Crippen molar-refractivity contribution in [1.29, 1.82) is 0 Å². The van der Waals surface area contributed by atoms with Crippen LogP contribution >= 0.6 is 0 Å². The van der Waals surface area contributed by atoms with E-state index in [1.54, 1.807) is 11.9 Å². The lowest BCUT2D eigenvalue weighted by molar-refractivity contribution is -0.133. The molecule has 6 nitrogen and oxygen atoms in total. The first-order chi connectivity index (χ1) is 9.80. The van der Waals surface area contributed by atoms with Crippen LogP contribution in [-0.2, 0) is 21.1 Å². The molecule has 1 aliphatic rings. The molecule has 1 aromatic rings. The maximum atomic E-state index is 12.2. The number of nitrogens with zero attached hydrogens (tertiary/aromatic N) is 2. The summed E-state index contributed by atoms with van der Waals surface area (Å²) >= 11 is 0. The maximum absolute atomic E-state index is 12.2.